The van der Waals surface area contributed by atoms with Crippen LogP contribution in [-0.2, 0) is 28.5 Å². The summed E-state index contributed by atoms with van der Waals surface area (Å²) in [6.45, 7) is 0.936. The summed E-state index contributed by atoms with van der Waals surface area (Å²) < 4.78 is 21.4. The zero-order chi connectivity index (χ0) is 19.9. The number of carbonyl (C=O) groups excluding carboxylic acids is 1. The van der Waals surface area contributed by atoms with E-state index in [2.05, 4.69) is 0 Å². The van der Waals surface area contributed by atoms with E-state index in [0.29, 0.717) is 0 Å². The number of carboxylic acid groups (broad SMARTS) is 1. The van der Waals surface area contributed by atoms with Gasteiger partial charge in [0.1, 0.15) is 30.5 Å². The van der Waals surface area contributed by atoms with Gasteiger partial charge in [-0.2, -0.15) is 0 Å². The second-order valence-electron chi connectivity index (χ2n) is 6.80. The highest BCUT2D eigenvalue weighted by Gasteiger charge is 2.51. The van der Waals surface area contributed by atoms with Crippen LogP contribution < -0.4 is 0 Å². The highest BCUT2D eigenvalue weighted by molar-refractivity contribution is 5.88. The highest BCUT2D eigenvalue weighted by atomic mass is 16.8. The van der Waals surface area contributed by atoms with Gasteiger partial charge in [-0.05, 0) is 6.92 Å². The van der Waals surface area contributed by atoms with Crippen LogP contribution in [0.15, 0.2) is 11.8 Å². The van der Waals surface area contributed by atoms with Gasteiger partial charge in [0.05, 0.1) is 30.8 Å². The van der Waals surface area contributed by atoms with E-state index in [4.69, 9.17) is 18.9 Å². The molecule has 2 fully saturated rings. The molecule has 0 aromatic carbocycles. The Bertz CT molecular complexity index is 617. The Morgan fingerprint density at radius 1 is 1.22 bits per heavy atom. The second kappa shape index (κ2) is 7.70. The molecule has 0 amide bonds. The molecule has 27 heavy (non-hydrogen) atoms. The van der Waals surface area contributed by atoms with Gasteiger partial charge in [0.15, 0.2) is 6.29 Å². The van der Waals surface area contributed by atoms with Gasteiger partial charge in [0.2, 0.25) is 6.29 Å². The van der Waals surface area contributed by atoms with E-state index in [0.717, 1.165) is 6.26 Å². The SMILES string of the molecule is C[C@@H]1OC(=O)C[C@H]2C(C(=O)O)=CO[C@H](O[C@H]3O[C@@H](CO)[C@@H](O)[C@@H](O)[C@H]3O)[C@H]12. The van der Waals surface area contributed by atoms with Gasteiger partial charge < -0.3 is 44.5 Å². The lowest BCUT2D eigenvalue weighted by Gasteiger charge is -2.45. The summed E-state index contributed by atoms with van der Waals surface area (Å²) >= 11 is 0. The number of fused-ring (bicyclic) bond motifs is 1. The highest BCUT2D eigenvalue weighted by Crippen LogP contribution is 2.41. The largest absolute Gasteiger partial charge is 0.478 e. The number of cyclic esters (lactones) is 1. The topological polar surface area (TPSA) is 172 Å². The minimum Gasteiger partial charge on any atom is -0.478 e. The van der Waals surface area contributed by atoms with E-state index in [1.165, 1.54) is 0 Å². The normalized spacial score (nSPS) is 44.6. The van der Waals surface area contributed by atoms with Gasteiger partial charge in [-0.15, -0.1) is 0 Å². The number of aliphatic carboxylic acids is 1. The summed E-state index contributed by atoms with van der Waals surface area (Å²) in [5.41, 5.74) is -0.0999. The quantitative estimate of drug-likeness (QED) is 0.327. The molecule has 11 nitrogen and oxygen atoms in total. The monoisotopic (exact) mass is 390 g/mol. The predicted molar refractivity (Wildman–Crippen MR) is 82.6 cm³/mol. The van der Waals surface area contributed by atoms with Gasteiger partial charge >= 0.3 is 11.9 Å². The maximum atomic E-state index is 11.7. The predicted octanol–water partition coefficient (Wildman–Crippen LogP) is -2.30. The lowest BCUT2D eigenvalue weighted by Crippen LogP contribution is -2.61. The summed E-state index contributed by atoms with van der Waals surface area (Å²) in [5.74, 6) is -3.23. The lowest BCUT2D eigenvalue weighted by atomic mass is 9.77. The van der Waals surface area contributed by atoms with Gasteiger partial charge in [-0.1, -0.05) is 0 Å². The molecule has 0 saturated carbocycles. The van der Waals surface area contributed by atoms with Crippen molar-refractivity contribution >= 4 is 11.9 Å². The third-order valence-corrected chi connectivity index (χ3v) is 5.12. The zero-order valence-electron chi connectivity index (χ0n) is 14.4. The Morgan fingerprint density at radius 2 is 1.93 bits per heavy atom. The summed E-state index contributed by atoms with van der Waals surface area (Å²) in [7, 11) is 0. The molecular weight excluding hydrogens is 368 g/mol. The number of esters is 1. The number of hydrogen-bond acceptors (Lipinski definition) is 10. The Hall–Kier alpha value is -1.76. The third kappa shape index (κ3) is 3.66. The summed E-state index contributed by atoms with van der Waals surface area (Å²) in [6.07, 6.45) is -8.54. The molecule has 9 atom stereocenters. The Labute approximate surface area is 153 Å². The third-order valence-electron chi connectivity index (χ3n) is 5.12. The van der Waals surface area contributed by atoms with Gasteiger partial charge in [0.25, 0.3) is 0 Å². The molecule has 0 spiro atoms. The number of ether oxygens (including phenoxy) is 4. The van der Waals surface area contributed by atoms with Crippen molar-refractivity contribution in [3.05, 3.63) is 11.8 Å². The summed E-state index contributed by atoms with van der Waals surface area (Å²) in [6, 6.07) is 0. The molecule has 3 rings (SSSR count). The van der Waals surface area contributed by atoms with Crippen molar-refractivity contribution in [1.82, 2.24) is 0 Å². The van der Waals surface area contributed by atoms with Crippen molar-refractivity contribution in [1.29, 1.82) is 0 Å². The molecule has 3 aliphatic heterocycles. The molecule has 0 aromatic rings. The van der Waals surface area contributed by atoms with Crippen molar-refractivity contribution in [2.75, 3.05) is 6.61 Å². The molecule has 3 heterocycles. The number of hydrogen-bond donors (Lipinski definition) is 5. The maximum Gasteiger partial charge on any atom is 0.335 e. The number of rotatable bonds is 4. The first-order chi connectivity index (χ1) is 12.7. The average Bonchev–Trinajstić information content (AvgIpc) is 2.61. The van der Waals surface area contributed by atoms with Gasteiger partial charge in [0, 0.05) is 5.92 Å². The standard InChI is InChI=1S/C16H22O11/c1-5-10-6(2-9(18)25-5)7(14(22)23)4-24-15(10)27-16-13(21)12(20)11(19)8(3-17)26-16/h4-6,8,10-13,15-17,19-21H,2-3H2,1H3,(H,22,23)/t5-,6-,8-,10+,11+,12+,13+,15+,16+/m0/s1. The zero-order valence-corrected chi connectivity index (χ0v) is 14.4. The molecule has 0 radical (unpaired) electrons. The van der Waals surface area contributed by atoms with Crippen molar-refractivity contribution in [2.24, 2.45) is 11.8 Å². The summed E-state index contributed by atoms with van der Waals surface area (Å²) in [5, 5.41) is 48.4. The van der Waals surface area contributed by atoms with Crippen LogP contribution in [0.4, 0.5) is 0 Å². The molecule has 2 saturated heterocycles. The first-order valence-electron chi connectivity index (χ1n) is 8.48. The van der Waals surface area contributed by atoms with Gasteiger partial charge in [-0.25, -0.2) is 4.79 Å². The molecule has 0 aromatic heterocycles. The minimum absolute atomic E-state index is 0.0999. The van der Waals surface area contributed by atoms with E-state index in [1.54, 1.807) is 6.92 Å². The Morgan fingerprint density at radius 3 is 2.56 bits per heavy atom. The number of carboxylic acids is 1. The van der Waals surface area contributed by atoms with Crippen LogP contribution >= 0.6 is 0 Å². The smallest absolute Gasteiger partial charge is 0.335 e. The fourth-order valence-electron chi connectivity index (χ4n) is 3.67. The van der Waals surface area contributed by atoms with Crippen molar-refractivity contribution in [3.8, 4) is 0 Å². The molecule has 0 aliphatic carbocycles. The number of carbonyl (C=O) groups is 2. The first-order valence-corrected chi connectivity index (χ1v) is 8.48. The molecule has 3 aliphatic rings. The molecular formula is C16H22O11. The van der Waals surface area contributed by atoms with Crippen LogP contribution in [0, 0.1) is 11.8 Å². The van der Waals surface area contributed by atoms with Gasteiger partial charge in [-0.3, -0.25) is 4.79 Å². The van der Waals surface area contributed by atoms with Crippen molar-refractivity contribution in [3.63, 3.8) is 0 Å². The fraction of sp³-hybridized carbons (Fsp3) is 0.750. The Kier molecular flexibility index (Phi) is 5.70. The van der Waals surface area contributed by atoms with Crippen LogP contribution in [0.5, 0.6) is 0 Å². The first kappa shape index (κ1) is 20.0. The summed E-state index contributed by atoms with van der Waals surface area (Å²) in [4.78, 5) is 23.2. The van der Waals surface area contributed by atoms with Crippen LogP contribution in [0.25, 0.3) is 0 Å². The number of aliphatic hydroxyl groups excluding tert-OH is 4. The molecule has 11 heteroatoms. The Balaban J connectivity index is 1.82. The number of aliphatic hydroxyl groups is 4. The van der Waals surface area contributed by atoms with E-state index >= 15 is 0 Å². The van der Waals surface area contributed by atoms with Crippen LogP contribution in [0.3, 0.4) is 0 Å². The maximum absolute atomic E-state index is 11.7. The van der Waals surface area contributed by atoms with Crippen molar-refractivity contribution in [2.45, 2.75) is 56.4 Å². The van der Waals surface area contributed by atoms with Crippen molar-refractivity contribution < 1.29 is 54.1 Å². The van der Waals surface area contributed by atoms with Crippen LogP contribution in [0.1, 0.15) is 13.3 Å². The van der Waals surface area contributed by atoms with E-state index in [1.807, 2.05) is 0 Å². The lowest BCUT2D eigenvalue weighted by molar-refractivity contribution is -0.346. The van der Waals surface area contributed by atoms with Crippen LogP contribution in [0.2, 0.25) is 0 Å². The molecule has 152 valence electrons. The molecule has 0 bridgehead atoms. The second-order valence-corrected chi connectivity index (χ2v) is 6.80. The van der Waals surface area contributed by atoms with E-state index in [-0.39, 0.29) is 12.0 Å². The van der Waals surface area contributed by atoms with Crippen LogP contribution in [-0.4, -0.2) is 87.2 Å². The fourth-order valence-corrected chi connectivity index (χ4v) is 3.67. The van der Waals surface area contributed by atoms with E-state index in [9.17, 15) is 35.1 Å². The van der Waals surface area contributed by atoms with E-state index < -0.39 is 73.5 Å². The minimum atomic E-state index is -1.64. The molecule has 5 N–H and O–H groups in total. The molecule has 0 unspecified atom stereocenters. The average molecular weight is 390 g/mol.